The maximum Gasteiger partial charge on any atom is 0.417 e. The van der Waals surface area contributed by atoms with Crippen LogP contribution >= 0.6 is 0 Å². The van der Waals surface area contributed by atoms with Crippen molar-refractivity contribution in [1.29, 1.82) is 0 Å². The Morgan fingerprint density at radius 1 is 1.30 bits per heavy atom. The Morgan fingerprint density at radius 3 is 2.89 bits per heavy atom. The summed E-state index contributed by atoms with van der Waals surface area (Å²) in [5.74, 6) is -0.118. The third-order valence-corrected chi connectivity index (χ3v) is 4.94. The van der Waals surface area contributed by atoms with E-state index in [2.05, 4.69) is 25.1 Å². The number of hydrogen-bond acceptors (Lipinski definition) is 5. The molecule has 1 aliphatic heterocycles. The molecule has 27 heavy (non-hydrogen) atoms. The van der Waals surface area contributed by atoms with Gasteiger partial charge in [-0.3, -0.25) is 15.0 Å². The summed E-state index contributed by atoms with van der Waals surface area (Å²) in [6.07, 6.45) is 1.63. The van der Waals surface area contributed by atoms with Crippen molar-refractivity contribution >= 4 is 16.9 Å². The zero-order valence-electron chi connectivity index (χ0n) is 14.5. The summed E-state index contributed by atoms with van der Waals surface area (Å²) in [6, 6.07) is 4.74. The highest BCUT2D eigenvalue weighted by atomic mass is 19.4. The minimum atomic E-state index is -4.53. The smallest absolute Gasteiger partial charge is 0.383 e. The molecule has 0 radical (unpaired) electrons. The molecule has 9 heteroatoms. The van der Waals surface area contributed by atoms with Gasteiger partial charge in [-0.15, -0.1) is 0 Å². The average molecular weight is 376 g/mol. The molecular weight excluding hydrogens is 357 g/mol. The van der Waals surface area contributed by atoms with E-state index < -0.39 is 11.7 Å². The van der Waals surface area contributed by atoms with Gasteiger partial charge in [0.2, 0.25) is 0 Å². The standard InChI is InChI=1S/C18H19F3N6/c19-18(20,21)12-8-13(24-17-15(12)16(22)25-26-17)14-5-1-2-7-27(14)10-11-4-3-6-23-9-11/h3-4,6,8-9,14H,1-2,5,7,10H2,(H3,22,24,25,26). The van der Waals surface area contributed by atoms with Gasteiger partial charge in [-0.1, -0.05) is 12.5 Å². The van der Waals surface area contributed by atoms with Gasteiger partial charge in [-0.2, -0.15) is 18.3 Å². The summed E-state index contributed by atoms with van der Waals surface area (Å²) in [7, 11) is 0. The maximum absolute atomic E-state index is 13.6. The number of likely N-dealkylation sites (tertiary alicyclic amines) is 1. The van der Waals surface area contributed by atoms with Crippen LogP contribution in [0.1, 0.15) is 42.1 Å². The van der Waals surface area contributed by atoms with Gasteiger partial charge in [-0.05, 0) is 37.1 Å². The second-order valence-corrected chi connectivity index (χ2v) is 6.77. The van der Waals surface area contributed by atoms with E-state index in [1.807, 2.05) is 12.1 Å². The largest absolute Gasteiger partial charge is 0.417 e. The normalized spacial score (nSPS) is 18.9. The van der Waals surface area contributed by atoms with Crippen molar-refractivity contribution in [3.8, 4) is 0 Å². The molecule has 0 spiro atoms. The molecular formula is C18H19F3N6. The number of nitrogens with two attached hydrogens (primary N) is 1. The van der Waals surface area contributed by atoms with E-state index in [4.69, 9.17) is 5.73 Å². The highest BCUT2D eigenvalue weighted by molar-refractivity contribution is 5.89. The molecule has 0 bridgehead atoms. The van der Waals surface area contributed by atoms with Crippen LogP contribution < -0.4 is 5.73 Å². The fraction of sp³-hybridized carbons (Fsp3) is 0.389. The molecule has 0 amide bonds. The van der Waals surface area contributed by atoms with E-state index in [0.717, 1.165) is 37.4 Å². The number of nitrogens with one attached hydrogen (secondary N) is 1. The number of nitrogens with zero attached hydrogens (tertiary/aromatic N) is 4. The number of fused-ring (bicyclic) bond motifs is 1. The van der Waals surface area contributed by atoms with Crippen molar-refractivity contribution in [2.75, 3.05) is 12.3 Å². The molecule has 1 unspecified atom stereocenters. The van der Waals surface area contributed by atoms with E-state index in [1.54, 1.807) is 12.4 Å². The number of aromatic nitrogens is 4. The Kier molecular flexibility index (Phi) is 4.47. The Bertz CT molecular complexity index is 937. The first-order chi connectivity index (χ1) is 12.9. The molecule has 0 saturated carbocycles. The fourth-order valence-electron chi connectivity index (χ4n) is 3.70. The van der Waals surface area contributed by atoms with E-state index in [-0.39, 0.29) is 22.9 Å². The SMILES string of the molecule is Nc1[nH]nc2nc(C3CCCCN3Cc3cccnc3)cc(C(F)(F)F)c12. The molecule has 4 heterocycles. The molecule has 1 aliphatic rings. The summed E-state index contributed by atoms with van der Waals surface area (Å²) >= 11 is 0. The third-order valence-electron chi connectivity index (χ3n) is 4.94. The predicted octanol–water partition coefficient (Wildman–Crippen LogP) is 3.68. The van der Waals surface area contributed by atoms with Crippen molar-refractivity contribution in [1.82, 2.24) is 25.1 Å². The van der Waals surface area contributed by atoms with Crippen molar-refractivity contribution < 1.29 is 13.2 Å². The van der Waals surface area contributed by atoms with Crippen LogP contribution in [0.15, 0.2) is 30.6 Å². The number of halogens is 3. The molecule has 6 nitrogen and oxygen atoms in total. The van der Waals surface area contributed by atoms with Crippen LogP contribution in [0.25, 0.3) is 11.0 Å². The van der Waals surface area contributed by atoms with Crippen LogP contribution in [0.3, 0.4) is 0 Å². The Morgan fingerprint density at radius 2 is 2.15 bits per heavy atom. The number of alkyl halides is 3. The van der Waals surface area contributed by atoms with E-state index >= 15 is 0 Å². The molecule has 3 aromatic heterocycles. The Labute approximate surface area is 153 Å². The van der Waals surface area contributed by atoms with Gasteiger partial charge in [0, 0.05) is 18.9 Å². The number of hydrogen-bond donors (Lipinski definition) is 2. The number of rotatable bonds is 3. The Balaban J connectivity index is 1.75. The average Bonchev–Trinajstić information content (AvgIpc) is 3.02. The van der Waals surface area contributed by atoms with Crippen LogP contribution in [0.4, 0.5) is 19.0 Å². The predicted molar refractivity (Wildman–Crippen MR) is 94.5 cm³/mol. The summed E-state index contributed by atoms with van der Waals surface area (Å²) < 4.78 is 40.9. The summed E-state index contributed by atoms with van der Waals surface area (Å²) in [4.78, 5) is 10.7. The first-order valence-corrected chi connectivity index (χ1v) is 8.78. The molecule has 1 fully saturated rings. The van der Waals surface area contributed by atoms with Gasteiger partial charge in [0.15, 0.2) is 5.65 Å². The van der Waals surface area contributed by atoms with Gasteiger partial charge in [0.1, 0.15) is 5.82 Å². The van der Waals surface area contributed by atoms with Gasteiger partial charge in [0.05, 0.1) is 22.7 Å². The van der Waals surface area contributed by atoms with Gasteiger partial charge in [-0.25, -0.2) is 4.98 Å². The third kappa shape index (κ3) is 3.46. The highest BCUT2D eigenvalue weighted by Gasteiger charge is 2.37. The zero-order valence-corrected chi connectivity index (χ0v) is 14.5. The molecule has 0 aliphatic carbocycles. The second-order valence-electron chi connectivity index (χ2n) is 6.77. The maximum atomic E-state index is 13.6. The van der Waals surface area contributed by atoms with Gasteiger partial charge in [0.25, 0.3) is 0 Å². The van der Waals surface area contributed by atoms with E-state index in [0.29, 0.717) is 12.2 Å². The second kappa shape index (κ2) is 6.80. The first-order valence-electron chi connectivity index (χ1n) is 8.78. The van der Waals surface area contributed by atoms with E-state index in [1.165, 1.54) is 0 Å². The van der Waals surface area contributed by atoms with Crippen molar-refractivity contribution in [2.24, 2.45) is 0 Å². The molecule has 3 aromatic rings. The topological polar surface area (TPSA) is 83.7 Å². The molecule has 1 saturated heterocycles. The minimum Gasteiger partial charge on any atom is -0.383 e. The van der Waals surface area contributed by atoms with Crippen molar-refractivity contribution in [3.63, 3.8) is 0 Å². The molecule has 0 aromatic carbocycles. The zero-order chi connectivity index (χ0) is 19.0. The van der Waals surface area contributed by atoms with Gasteiger partial charge >= 0.3 is 6.18 Å². The number of aromatic amines is 1. The van der Waals surface area contributed by atoms with Crippen LogP contribution in [0.5, 0.6) is 0 Å². The number of H-pyrrole nitrogens is 1. The van der Waals surface area contributed by atoms with Gasteiger partial charge < -0.3 is 5.73 Å². The lowest BCUT2D eigenvalue weighted by Gasteiger charge is -2.35. The molecule has 4 rings (SSSR count). The lowest BCUT2D eigenvalue weighted by atomic mass is 9.96. The first kappa shape index (κ1) is 17.7. The van der Waals surface area contributed by atoms with E-state index in [9.17, 15) is 13.2 Å². The lowest BCUT2D eigenvalue weighted by molar-refractivity contribution is -0.136. The summed E-state index contributed by atoms with van der Waals surface area (Å²) in [5, 5.41) is 6.12. The molecule has 142 valence electrons. The fourth-order valence-corrected chi connectivity index (χ4v) is 3.70. The van der Waals surface area contributed by atoms with Crippen LogP contribution in [-0.4, -0.2) is 31.6 Å². The van der Waals surface area contributed by atoms with Crippen LogP contribution in [0.2, 0.25) is 0 Å². The Hall–Kier alpha value is -2.68. The number of pyridine rings is 2. The van der Waals surface area contributed by atoms with Crippen LogP contribution in [-0.2, 0) is 12.7 Å². The molecule has 1 atom stereocenters. The highest BCUT2D eigenvalue weighted by Crippen LogP contribution is 2.39. The minimum absolute atomic E-state index is 0.00391. The quantitative estimate of drug-likeness (QED) is 0.729. The lowest BCUT2D eigenvalue weighted by Crippen LogP contribution is -2.33. The summed E-state index contributed by atoms with van der Waals surface area (Å²) in [6.45, 7) is 1.41. The summed E-state index contributed by atoms with van der Waals surface area (Å²) in [5.41, 5.74) is 6.27. The van der Waals surface area contributed by atoms with Crippen molar-refractivity contribution in [3.05, 3.63) is 47.4 Å². The number of anilines is 1. The molecule has 3 N–H and O–H groups in total. The van der Waals surface area contributed by atoms with Crippen LogP contribution in [0, 0.1) is 0 Å². The number of nitrogen functional groups attached to an aromatic ring is 1. The monoisotopic (exact) mass is 376 g/mol. The number of piperidine rings is 1. The van der Waals surface area contributed by atoms with Crippen molar-refractivity contribution in [2.45, 2.75) is 38.0 Å².